The Kier molecular flexibility index (Phi) is 3.92. The van der Waals surface area contributed by atoms with Gasteiger partial charge in [0.05, 0.1) is 0 Å². The molecule has 4 nitrogen and oxygen atoms in total. The number of carbonyl (C=O) groups is 2. The van der Waals surface area contributed by atoms with E-state index in [0.717, 1.165) is 22.0 Å². The molecule has 0 bridgehead atoms. The summed E-state index contributed by atoms with van der Waals surface area (Å²) in [5.74, 6) is 0.164. The van der Waals surface area contributed by atoms with Crippen molar-refractivity contribution >= 4 is 28.0 Å². The molecule has 2 aliphatic rings. The number of fused-ring (bicyclic) bond motifs is 3. The molecule has 1 saturated carbocycles. The van der Waals surface area contributed by atoms with Crippen LogP contribution in [0, 0.1) is 10.8 Å². The molecule has 136 valence electrons. The molecule has 4 rings (SSSR count). The number of hydrogen-bond acceptors (Lipinski definition) is 4. The summed E-state index contributed by atoms with van der Waals surface area (Å²) in [7, 11) is 1.65. The Morgan fingerprint density at radius 3 is 2.38 bits per heavy atom. The van der Waals surface area contributed by atoms with Crippen LogP contribution in [0.25, 0.3) is 10.8 Å². The second kappa shape index (κ2) is 5.92. The highest BCUT2D eigenvalue weighted by Gasteiger charge is 2.54. The summed E-state index contributed by atoms with van der Waals surface area (Å²) in [5.41, 5.74) is 0.977. The SMILES string of the molecule is COCN1CC2(Cc3c1ccc1ccccc31)C(=O)CC(C)(C)CC2=O. The van der Waals surface area contributed by atoms with Gasteiger partial charge in [-0.3, -0.25) is 9.59 Å². The smallest absolute Gasteiger partial charge is 0.149 e. The van der Waals surface area contributed by atoms with Crippen molar-refractivity contribution < 1.29 is 14.3 Å². The van der Waals surface area contributed by atoms with Crippen LogP contribution in [0.4, 0.5) is 5.69 Å². The van der Waals surface area contributed by atoms with E-state index in [1.165, 1.54) is 0 Å². The van der Waals surface area contributed by atoms with Gasteiger partial charge in [-0.15, -0.1) is 0 Å². The summed E-state index contributed by atoms with van der Waals surface area (Å²) in [6.45, 7) is 4.81. The van der Waals surface area contributed by atoms with Gasteiger partial charge in [0.15, 0.2) is 0 Å². The summed E-state index contributed by atoms with van der Waals surface area (Å²) in [4.78, 5) is 28.5. The van der Waals surface area contributed by atoms with Crippen molar-refractivity contribution in [2.24, 2.45) is 10.8 Å². The lowest BCUT2D eigenvalue weighted by Gasteiger charge is -2.47. The van der Waals surface area contributed by atoms with E-state index >= 15 is 0 Å². The Labute approximate surface area is 154 Å². The topological polar surface area (TPSA) is 46.6 Å². The molecule has 0 amide bonds. The number of ketones is 2. The number of Topliss-reactive ketones (excluding diaryl/α,β-unsaturated/α-hetero) is 2. The van der Waals surface area contributed by atoms with Crippen LogP contribution in [-0.2, 0) is 20.7 Å². The molecule has 0 N–H and O–H groups in total. The molecule has 2 aromatic carbocycles. The Hall–Kier alpha value is -2.20. The van der Waals surface area contributed by atoms with Gasteiger partial charge in [-0.05, 0) is 34.2 Å². The fourth-order valence-electron chi connectivity index (χ4n) is 4.65. The van der Waals surface area contributed by atoms with Gasteiger partial charge >= 0.3 is 0 Å². The third-order valence-corrected chi connectivity index (χ3v) is 5.93. The number of carbonyl (C=O) groups excluding carboxylic acids is 2. The minimum Gasteiger partial charge on any atom is -0.364 e. The monoisotopic (exact) mass is 351 g/mol. The van der Waals surface area contributed by atoms with Gasteiger partial charge in [-0.25, -0.2) is 0 Å². The molecule has 26 heavy (non-hydrogen) atoms. The van der Waals surface area contributed by atoms with Crippen LogP contribution < -0.4 is 4.90 Å². The highest BCUT2D eigenvalue weighted by molar-refractivity contribution is 6.11. The van der Waals surface area contributed by atoms with Crippen molar-refractivity contribution in [1.29, 1.82) is 0 Å². The molecule has 0 unspecified atom stereocenters. The van der Waals surface area contributed by atoms with Gasteiger partial charge in [0.1, 0.15) is 23.7 Å². The zero-order chi connectivity index (χ0) is 18.5. The minimum atomic E-state index is -0.939. The van der Waals surface area contributed by atoms with Crippen LogP contribution in [0.2, 0.25) is 0 Å². The third-order valence-electron chi connectivity index (χ3n) is 5.93. The lowest BCUT2D eigenvalue weighted by Crippen LogP contribution is -2.57. The average Bonchev–Trinajstić information content (AvgIpc) is 2.59. The van der Waals surface area contributed by atoms with Crippen LogP contribution in [0.5, 0.6) is 0 Å². The molecule has 0 aromatic heterocycles. The summed E-state index contributed by atoms with van der Waals surface area (Å²) in [6.07, 6.45) is 1.41. The third kappa shape index (κ3) is 2.55. The number of hydrogen-bond donors (Lipinski definition) is 0. The lowest BCUT2D eigenvalue weighted by atomic mass is 9.60. The Morgan fingerprint density at radius 2 is 1.69 bits per heavy atom. The summed E-state index contributed by atoms with van der Waals surface area (Å²) < 4.78 is 5.40. The predicted molar refractivity (Wildman–Crippen MR) is 102 cm³/mol. The maximum atomic E-state index is 13.2. The first kappa shape index (κ1) is 17.2. The van der Waals surface area contributed by atoms with Gasteiger partial charge in [0.2, 0.25) is 0 Å². The summed E-state index contributed by atoms with van der Waals surface area (Å²) >= 11 is 0. The van der Waals surface area contributed by atoms with Crippen molar-refractivity contribution in [2.75, 3.05) is 25.3 Å². The molecule has 0 radical (unpaired) electrons. The van der Waals surface area contributed by atoms with Gasteiger partial charge in [-0.2, -0.15) is 0 Å². The van der Waals surface area contributed by atoms with E-state index in [1.807, 2.05) is 26.0 Å². The largest absolute Gasteiger partial charge is 0.364 e. The van der Waals surface area contributed by atoms with Crippen molar-refractivity contribution in [3.63, 3.8) is 0 Å². The van der Waals surface area contributed by atoms with E-state index in [2.05, 4.69) is 29.2 Å². The van der Waals surface area contributed by atoms with Crippen LogP contribution >= 0.6 is 0 Å². The highest BCUT2D eigenvalue weighted by atomic mass is 16.5. The maximum absolute atomic E-state index is 13.2. The Bertz CT molecular complexity index is 879. The summed E-state index contributed by atoms with van der Waals surface area (Å²) in [5, 5.41) is 2.26. The van der Waals surface area contributed by atoms with Crippen LogP contribution in [-0.4, -0.2) is 32.0 Å². The predicted octanol–water partition coefficient (Wildman–Crippen LogP) is 3.75. The molecule has 1 aliphatic heterocycles. The Balaban J connectivity index is 1.88. The van der Waals surface area contributed by atoms with E-state index in [4.69, 9.17) is 4.74 Å². The molecule has 0 saturated heterocycles. The average molecular weight is 351 g/mol. The van der Waals surface area contributed by atoms with Crippen molar-refractivity contribution in [2.45, 2.75) is 33.1 Å². The van der Waals surface area contributed by atoms with Crippen molar-refractivity contribution in [3.05, 3.63) is 42.0 Å². The van der Waals surface area contributed by atoms with Crippen molar-refractivity contribution in [3.8, 4) is 0 Å². The molecule has 1 spiro atoms. The van der Waals surface area contributed by atoms with E-state index in [1.54, 1.807) is 7.11 Å². The fourth-order valence-corrected chi connectivity index (χ4v) is 4.65. The minimum absolute atomic E-state index is 0.0819. The summed E-state index contributed by atoms with van der Waals surface area (Å²) in [6, 6.07) is 12.4. The van der Waals surface area contributed by atoms with E-state index in [-0.39, 0.29) is 17.0 Å². The van der Waals surface area contributed by atoms with Crippen LogP contribution in [0.3, 0.4) is 0 Å². The van der Waals surface area contributed by atoms with Crippen molar-refractivity contribution in [1.82, 2.24) is 0 Å². The standard InChI is InChI=1S/C22H25NO3/c1-21(2)11-19(24)22(20(25)12-21)10-17-16-7-5-4-6-15(16)8-9-18(17)23(13-22)14-26-3/h4-9H,10-14H2,1-3H3. The molecule has 1 aliphatic carbocycles. The molecule has 2 aromatic rings. The van der Waals surface area contributed by atoms with Gasteiger partial charge < -0.3 is 9.64 Å². The number of nitrogens with zero attached hydrogens (tertiary/aromatic N) is 1. The molecule has 0 atom stereocenters. The highest BCUT2D eigenvalue weighted by Crippen LogP contribution is 2.48. The van der Waals surface area contributed by atoms with Gasteiger partial charge in [0, 0.05) is 32.2 Å². The molecular formula is C22H25NO3. The maximum Gasteiger partial charge on any atom is 0.149 e. The lowest BCUT2D eigenvalue weighted by molar-refractivity contribution is -0.148. The first-order valence-corrected chi connectivity index (χ1v) is 9.17. The number of ether oxygens (including phenoxy) is 1. The fraction of sp³-hybridized carbons (Fsp3) is 0.455. The molecule has 1 heterocycles. The number of rotatable bonds is 2. The number of methoxy groups -OCH3 is 1. The van der Waals surface area contributed by atoms with Crippen LogP contribution in [0.1, 0.15) is 32.3 Å². The number of benzene rings is 2. The van der Waals surface area contributed by atoms with Gasteiger partial charge in [0.25, 0.3) is 0 Å². The quantitative estimate of drug-likeness (QED) is 0.773. The molecule has 1 fully saturated rings. The van der Waals surface area contributed by atoms with Crippen LogP contribution in [0.15, 0.2) is 36.4 Å². The normalized spacial score (nSPS) is 21.3. The van der Waals surface area contributed by atoms with E-state index in [9.17, 15) is 9.59 Å². The second-order valence-electron chi connectivity index (χ2n) is 8.52. The first-order chi connectivity index (χ1) is 12.4. The van der Waals surface area contributed by atoms with Gasteiger partial charge in [-0.1, -0.05) is 44.2 Å². The van der Waals surface area contributed by atoms with E-state index in [0.29, 0.717) is 32.5 Å². The zero-order valence-corrected chi connectivity index (χ0v) is 15.7. The van der Waals surface area contributed by atoms with E-state index < -0.39 is 5.41 Å². The second-order valence-corrected chi connectivity index (χ2v) is 8.52. The first-order valence-electron chi connectivity index (χ1n) is 9.17. The Morgan fingerprint density at radius 1 is 1.00 bits per heavy atom. The zero-order valence-electron chi connectivity index (χ0n) is 15.7. The molecular weight excluding hydrogens is 326 g/mol. The molecule has 4 heteroatoms. The number of anilines is 1.